The molecule has 1 aliphatic rings. The molecule has 2 N–H and O–H groups in total. The Morgan fingerprint density at radius 2 is 2.10 bits per heavy atom. The number of halogens is 1. The molecule has 0 radical (unpaired) electrons. The highest BCUT2D eigenvalue weighted by Crippen LogP contribution is 2.22. The van der Waals surface area contributed by atoms with Gasteiger partial charge in [-0.25, -0.2) is 0 Å². The minimum Gasteiger partial charge on any atom is -0.338 e. The van der Waals surface area contributed by atoms with Crippen LogP contribution in [0.4, 0.5) is 0 Å². The largest absolute Gasteiger partial charge is 0.338 e. The zero-order valence-electron chi connectivity index (χ0n) is 11.9. The van der Waals surface area contributed by atoms with E-state index in [1.807, 2.05) is 0 Å². The Bertz CT molecular complexity index is 546. The van der Waals surface area contributed by atoms with Crippen LogP contribution in [-0.2, 0) is 19.5 Å². The van der Waals surface area contributed by atoms with Crippen LogP contribution >= 0.6 is 12.4 Å². The van der Waals surface area contributed by atoms with Crippen LogP contribution in [0.5, 0.6) is 0 Å². The van der Waals surface area contributed by atoms with Crippen molar-refractivity contribution in [1.29, 1.82) is 0 Å². The standard InChI is InChI=1S/C15H20N4O.ClH/c16-10-15-17-14(18-20-15)11-19-8-4-7-13(19)9-12-5-2-1-3-6-12;/h1-3,5-6,13H,4,7-11,16H2;1H. The molecule has 2 aromatic rings. The number of hydrogen-bond donors (Lipinski definition) is 1. The van der Waals surface area contributed by atoms with E-state index in [4.69, 9.17) is 10.3 Å². The summed E-state index contributed by atoms with van der Waals surface area (Å²) in [6.45, 7) is 2.16. The zero-order valence-corrected chi connectivity index (χ0v) is 12.8. The lowest BCUT2D eigenvalue weighted by atomic mass is 10.0. The van der Waals surface area contributed by atoms with E-state index in [1.165, 1.54) is 18.4 Å². The molecule has 1 fully saturated rings. The Hall–Kier alpha value is -1.43. The fourth-order valence-corrected chi connectivity index (χ4v) is 2.84. The monoisotopic (exact) mass is 308 g/mol. The van der Waals surface area contributed by atoms with Gasteiger partial charge < -0.3 is 10.3 Å². The van der Waals surface area contributed by atoms with Crippen molar-refractivity contribution in [3.05, 3.63) is 47.6 Å². The molecule has 6 heteroatoms. The lowest BCUT2D eigenvalue weighted by Crippen LogP contribution is -2.31. The lowest BCUT2D eigenvalue weighted by molar-refractivity contribution is 0.234. The van der Waals surface area contributed by atoms with Crippen molar-refractivity contribution in [2.45, 2.75) is 38.4 Å². The van der Waals surface area contributed by atoms with E-state index < -0.39 is 0 Å². The van der Waals surface area contributed by atoms with E-state index in [0.29, 0.717) is 18.5 Å². The van der Waals surface area contributed by atoms with E-state index in [2.05, 4.69) is 45.4 Å². The SMILES string of the molecule is Cl.NCc1nc(CN2CCCC2Cc2ccccc2)no1. The predicted octanol–water partition coefficient (Wildman–Crippen LogP) is 2.16. The van der Waals surface area contributed by atoms with Crippen LogP contribution in [-0.4, -0.2) is 27.6 Å². The van der Waals surface area contributed by atoms with Gasteiger partial charge in [-0.3, -0.25) is 4.90 Å². The molecule has 0 aliphatic carbocycles. The van der Waals surface area contributed by atoms with E-state index >= 15 is 0 Å². The Balaban J connectivity index is 0.00000161. The summed E-state index contributed by atoms with van der Waals surface area (Å²) in [5.41, 5.74) is 6.88. The van der Waals surface area contributed by atoms with Gasteiger partial charge in [-0.15, -0.1) is 12.4 Å². The van der Waals surface area contributed by atoms with Crippen LogP contribution in [0.2, 0.25) is 0 Å². The first-order chi connectivity index (χ1) is 9.85. The third-order valence-electron chi connectivity index (χ3n) is 3.84. The van der Waals surface area contributed by atoms with Gasteiger partial charge >= 0.3 is 0 Å². The fraction of sp³-hybridized carbons (Fsp3) is 0.467. The molecular formula is C15H21ClN4O. The summed E-state index contributed by atoms with van der Waals surface area (Å²) in [5.74, 6) is 1.25. The maximum absolute atomic E-state index is 5.49. The molecule has 0 amide bonds. The Morgan fingerprint density at radius 3 is 2.81 bits per heavy atom. The quantitative estimate of drug-likeness (QED) is 0.916. The maximum atomic E-state index is 5.49. The molecule has 1 unspecified atom stereocenters. The first-order valence-corrected chi connectivity index (χ1v) is 7.14. The van der Waals surface area contributed by atoms with Gasteiger partial charge in [0, 0.05) is 6.04 Å². The van der Waals surface area contributed by atoms with Crippen LogP contribution in [0.25, 0.3) is 0 Å². The third kappa shape index (κ3) is 4.03. The molecule has 0 bridgehead atoms. The highest BCUT2D eigenvalue weighted by molar-refractivity contribution is 5.85. The molecule has 5 nitrogen and oxygen atoms in total. The van der Waals surface area contributed by atoms with Crippen molar-refractivity contribution in [3.63, 3.8) is 0 Å². The van der Waals surface area contributed by atoms with Gasteiger partial charge in [0.05, 0.1) is 13.1 Å². The minimum absolute atomic E-state index is 0. The van der Waals surface area contributed by atoms with E-state index in [1.54, 1.807) is 0 Å². The molecular weight excluding hydrogens is 288 g/mol. The highest BCUT2D eigenvalue weighted by Gasteiger charge is 2.25. The van der Waals surface area contributed by atoms with Crippen LogP contribution in [0, 0.1) is 0 Å². The van der Waals surface area contributed by atoms with E-state index in [-0.39, 0.29) is 12.4 Å². The first kappa shape index (κ1) is 15.9. The van der Waals surface area contributed by atoms with Crippen molar-refractivity contribution in [3.8, 4) is 0 Å². The summed E-state index contributed by atoms with van der Waals surface area (Å²) in [6.07, 6.45) is 3.55. The maximum Gasteiger partial charge on any atom is 0.240 e. The molecule has 114 valence electrons. The molecule has 1 aliphatic heterocycles. The normalized spacial score (nSPS) is 18.6. The summed E-state index contributed by atoms with van der Waals surface area (Å²) in [4.78, 5) is 6.73. The highest BCUT2D eigenvalue weighted by atomic mass is 35.5. The Kier molecular flexibility index (Phi) is 5.73. The number of aromatic nitrogens is 2. The van der Waals surface area contributed by atoms with Gasteiger partial charge in [-0.05, 0) is 31.4 Å². The van der Waals surface area contributed by atoms with Crippen LogP contribution in [0.3, 0.4) is 0 Å². The van der Waals surface area contributed by atoms with E-state index in [9.17, 15) is 0 Å². The molecule has 1 saturated heterocycles. The second-order valence-corrected chi connectivity index (χ2v) is 5.26. The summed E-state index contributed by atoms with van der Waals surface area (Å²) in [5, 5.41) is 3.98. The number of rotatable bonds is 5. The number of hydrogen-bond acceptors (Lipinski definition) is 5. The molecule has 0 spiro atoms. The molecule has 3 rings (SSSR count). The van der Waals surface area contributed by atoms with Crippen molar-refractivity contribution < 1.29 is 4.52 Å². The predicted molar refractivity (Wildman–Crippen MR) is 83.0 cm³/mol. The first-order valence-electron chi connectivity index (χ1n) is 7.14. The molecule has 21 heavy (non-hydrogen) atoms. The van der Waals surface area contributed by atoms with Gasteiger partial charge in [0.2, 0.25) is 5.89 Å². The number of likely N-dealkylation sites (tertiary alicyclic amines) is 1. The Labute approximate surface area is 130 Å². The third-order valence-corrected chi connectivity index (χ3v) is 3.84. The van der Waals surface area contributed by atoms with Crippen LogP contribution in [0.15, 0.2) is 34.9 Å². The second-order valence-electron chi connectivity index (χ2n) is 5.26. The van der Waals surface area contributed by atoms with Gasteiger partial charge in [0.15, 0.2) is 5.82 Å². The van der Waals surface area contributed by atoms with Gasteiger partial charge in [0.1, 0.15) is 0 Å². The van der Waals surface area contributed by atoms with Crippen LogP contribution < -0.4 is 5.73 Å². The van der Waals surface area contributed by atoms with Crippen LogP contribution in [0.1, 0.15) is 30.1 Å². The average molecular weight is 309 g/mol. The topological polar surface area (TPSA) is 68.2 Å². The minimum atomic E-state index is 0. The van der Waals surface area contributed by atoms with Crippen molar-refractivity contribution in [2.24, 2.45) is 5.73 Å². The molecule has 1 aromatic carbocycles. The zero-order chi connectivity index (χ0) is 13.8. The van der Waals surface area contributed by atoms with E-state index in [0.717, 1.165) is 25.3 Å². The summed E-state index contributed by atoms with van der Waals surface area (Å²) < 4.78 is 5.06. The number of nitrogens with zero attached hydrogens (tertiary/aromatic N) is 3. The molecule has 0 saturated carbocycles. The molecule has 1 aromatic heterocycles. The lowest BCUT2D eigenvalue weighted by Gasteiger charge is -2.22. The van der Waals surface area contributed by atoms with Gasteiger partial charge in [-0.1, -0.05) is 35.5 Å². The summed E-state index contributed by atoms with van der Waals surface area (Å²) >= 11 is 0. The second kappa shape index (κ2) is 7.54. The Morgan fingerprint density at radius 1 is 1.29 bits per heavy atom. The van der Waals surface area contributed by atoms with Crippen molar-refractivity contribution in [2.75, 3.05) is 6.54 Å². The van der Waals surface area contributed by atoms with Crippen molar-refractivity contribution >= 4 is 12.4 Å². The van der Waals surface area contributed by atoms with Gasteiger partial charge in [0.25, 0.3) is 0 Å². The number of nitrogens with two attached hydrogens (primary N) is 1. The molecule has 2 heterocycles. The summed E-state index contributed by atoms with van der Waals surface area (Å²) in [7, 11) is 0. The van der Waals surface area contributed by atoms with Crippen molar-refractivity contribution in [1.82, 2.24) is 15.0 Å². The molecule has 1 atom stereocenters. The van der Waals surface area contributed by atoms with Gasteiger partial charge in [-0.2, -0.15) is 4.98 Å². The average Bonchev–Trinajstić information content (AvgIpc) is 3.10. The smallest absolute Gasteiger partial charge is 0.240 e. The summed E-state index contributed by atoms with van der Waals surface area (Å²) in [6, 6.07) is 11.2. The fourth-order valence-electron chi connectivity index (χ4n) is 2.84. The number of benzene rings is 1.